The number of nitrogens with two attached hydrogens (primary N) is 1. The van der Waals surface area contributed by atoms with Gasteiger partial charge in [0.15, 0.2) is 0 Å². The number of thioether (sulfide) groups is 1. The summed E-state index contributed by atoms with van der Waals surface area (Å²) >= 11 is 2.22. The monoisotopic (exact) mass is 466 g/mol. The summed E-state index contributed by atoms with van der Waals surface area (Å²) in [5.74, 6) is -2.32. The fraction of sp³-hybridized carbons (Fsp3) is 0.300. The molecule has 1 aromatic carbocycles. The molecule has 162 valence electrons. The van der Waals surface area contributed by atoms with Gasteiger partial charge in [0.05, 0.1) is 16.3 Å². The zero-order chi connectivity index (χ0) is 22.3. The Hall–Kier alpha value is -2.66. The topological polar surface area (TPSA) is 98.0 Å². The number of hydrogen-bond acceptors (Lipinski definition) is 6. The average Bonchev–Trinajstić information content (AvgIpc) is 3.27. The molecule has 3 aromatic rings. The number of fused-ring (bicyclic) bond motifs is 2. The first-order valence-corrected chi connectivity index (χ1v) is 11.1. The first kappa shape index (κ1) is 21.6. The molecule has 0 saturated heterocycles. The Morgan fingerprint density at radius 3 is 2.68 bits per heavy atom. The lowest BCUT2D eigenvalue weighted by molar-refractivity contribution is -0.145. The number of nitrogens with zero attached hydrogens (tertiary/aromatic N) is 2. The number of para-hydroxylation sites is 1. The maximum absolute atomic E-state index is 13.2. The van der Waals surface area contributed by atoms with E-state index < -0.39 is 29.1 Å². The Balaban J connectivity index is 1.61. The number of benzene rings is 1. The molecule has 6 nitrogen and oxygen atoms in total. The Morgan fingerprint density at radius 1 is 1.23 bits per heavy atom. The van der Waals surface area contributed by atoms with E-state index in [-0.39, 0.29) is 10.5 Å². The highest BCUT2D eigenvalue weighted by molar-refractivity contribution is 8.00. The highest BCUT2D eigenvalue weighted by atomic mass is 32.2. The van der Waals surface area contributed by atoms with Gasteiger partial charge in [-0.3, -0.25) is 9.59 Å². The fourth-order valence-corrected chi connectivity index (χ4v) is 5.69. The van der Waals surface area contributed by atoms with E-state index in [1.54, 1.807) is 25.1 Å². The Morgan fingerprint density at radius 2 is 1.97 bits per heavy atom. The molecule has 3 N–H and O–H groups in total. The van der Waals surface area contributed by atoms with Crippen LogP contribution in [0.3, 0.4) is 0 Å². The van der Waals surface area contributed by atoms with E-state index in [0.29, 0.717) is 16.0 Å². The van der Waals surface area contributed by atoms with Crippen molar-refractivity contribution < 1.29 is 22.8 Å². The molecule has 0 bridgehead atoms. The van der Waals surface area contributed by atoms with Crippen LogP contribution < -0.4 is 11.1 Å². The van der Waals surface area contributed by atoms with Crippen molar-refractivity contribution in [2.24, 2.45) is 5.73 Å². The molecule has 31 heavy (non-hydrogen) atoms. The fourth-order valence-electron chi connectivity index (χ4n) is 3.45. The van der Waals surface area contributed by atoms with Gasteiger partial charge in [-0.2, -0.15) is 13.2 Å². The van der Waals surface area contributed by atoms with Crippen molar-refractivity contribution in [3.63, 3.8) is 0 Å². The molecular formula is C20H17F3N4O2S2. The second-order valence-electron chi connectivity index (χ2n) is 7.04. The van der Waals surface area contributed by atoms with Crippen molar-refractivity contribution in [2.75, 3.05) is 5.32 Å². The molecular weight excluding hydrogens is 449 g/mol. The number of rotatable bonds is 5. The van der Waals surface area contributed by atoms with Crippen LogP contribution in [-0.2, 0) is 23.8 Å². The zero-order valence-electron chi connectivity index (χ0n) is 16.2. The molecule has 0 saturated carbocycles. The third-order valence-electron chi connectivity index (χ3n) is 4.88. The number of anilines is 1. The molecule has 1 aliphatic rings. The van der Waals surface area contributed by atoms with Crippen molar-refractivity contribution in [3.8, 4) is 0 Å². The van der Waals surface area contributed by atoms with Gasteiger partial charge in [0.1, 0.15) is 10.0 Å². The van der Waals surface area contributed by atoms with Crippen LogP contribution in [0.15, 0.2) is 29.3 Å². The molecule has 0 radical (unpaired) electrons. The minimum atomic E-state index is -4.71. The predicted octanol–water partition coefficient (Wildman–Crippen LogP) is 4.42. The van der Waals surface area contributed by atoms with E-state index in [1.807, 2.05) is 0 Å². The van der Waals surface area contributed by atoms with E-state index in [1.165, 1.54) is 17.4 Å². The summed E-state index contributed by atoms with van der Waals surface area (Å²) in [5, 5.41) is 2.82. The third kappa shape index (κ3) is 4.24. The maximum atomic E-state index is 13.2. The standard InChI is InChI=1S/C20H17F3N4O2S2/c1-9(16(29)26-18-14(15(24)28)11-6-4-8-13(11)31-18)30-17-10-5-2-3-7-12(10)25-19(27-17)20(21,22)23/h2-3,5,7,9H,4,6,8H2,1H3,(H2,24,28)(H,26,29)/t9-/m0/s1. The van der Waals surface area contributed by atoms with Gasteiger partial charge in [-0.05, 0) is 37.8 Å². The summed E-state index contributed by atoms with van der Waals surface area (Å²) in [6.45, 7) is 1.56. The first-order valence-electron chi connectivity index (χ1n) is 9.41. The highest BCUT2D eigenvalue weighted by Gasteiger charge is 2.36. The quantitative estimate of drug-likeness (QED) is 0.429. The Kier molecular flexibility index (Phi) is 5.65. The molecule has 2 amide bonds. The van der Waals surface area contributed by atoms with E-state index >= 15 is 0 Å². The van der Waals surface area contributed by atoms with Gasteiger partial charge in [0, 0.05) is 10.3 Å². The van der Waals surface area contributed by atoms with E-state index in [2.05, 4.69) is 15.3 Å². The van der Waals surface area contributed by atoms with Gasteiger partial charge in [0.25, 0.3) is 5.91 Å². The molecule has 0 unspecified atom stereocenters. The molecule has 2 heterocycles. The van der Waals surface area contributed by atoms with Crippen molar-refractivity contribution in [1.82, 2.24) is 9.97 Å². The van der Waals surface area contributed by atoms with Crippen molar-refractivity contribution in [3.05, 3.63) is 46.1 Å². The number of carbonyl (C=O) groups excluding carboxylic acids is 2. The average molecular weight is 467 g/mol. The summed E-state index contributed by atoms with van der Waals surface area (Å²) in [4.78, 5) is 33.0. The zero-order valence-corrected chi connectivity index (χ0v) is 17.9. The van der Waals surface area contributed by atoms with E-state index in [9.17, 15) is 22.8 Å². The van der Waals surface area contributed by atoms with Crippen LogP contribution in [0.1, 0.15) is 40.0 Å². The number of nitrogens with one attached hydrogen (secondary N) is 1. The van der Waals surface area contributed by atoms with Gasteiger partial charge >= 0.3 is 6.18 Å². The van der Waals surface area contributed by atoms with Gasteiger partial charge in [-0.25, -0.2) is 9.97 Å². The Labute approximate surface area is 183 Å². The van der Waals surface area contributed by atoms with Crippen LogP contribution >= 0.6 is 23.1 Å². The van der Waals surface area contributed by atoms with Crippen LogP contribution in [0.25, 0.3) is 10.9 Å². The van der Waals surface area contributed by atoms with Gasteiger partial charge < -0.3 is 11.1 Å². The lowest BCUT2D eigenvalue weighted by atomic mass is 10.1. The summed E-state index contributed by atoms with van der Waals surface area (Å²) in [5.41, 5.74) is 6.87. The first-order chi connectivity index (χ1) is 14.6. The van der Waals surface area contributed by atoms with Crippen LogP contribution in [0.2, 0.25) is 0 Å². The second kappa shape index (κ2) is 8.12. The third-order valence-corrected chi connectivity index (χ3v) is 7.19. The molecule has 2 aromatic heterocycles. The smallest absolute Gasteiger partial charge is 0.365 e. The summed E-state index contributed by atoms with van der Waals surface area (Å²) < 4.78 is 39.7. The number of aromatic nitrogens is 2. The summed E-state index contributed by atoms with van der Waals surface area (Å²) in [7, 11) is 0. The van der Waals surface area contributed by atoms with Crippen LogP contribution in [-0.4, -0.2) is 27.0 Å². The Bertz CT molecular complexity index is 1190. The number of amides is 2. The molecule has 0 spiro atoms. The number of alkyl halides is 3. The maximum Gasteiger partial charge on any atom is 0.451 e. The minimum absolute atomic E-state index is 0.0596. The SMILES string of the molecule is C[C@H](Sc1nc(C(F)(F)F)nc2ccccc12)C(=O)Nc1sc2c(c1C(N)=O)CCC2. The van der Waals surface area contributed by atoms with Crippen molar-refractivity contribution in [2.45, 2.75) is 42.6 Å². The molecule has 1 aliphatic carbocycles. The molecule has 4 rings (SSSR count). The number of carbonyl (C=O) groups is 2. The van der Waals surface area contributed by atoms with Crippen molar-refractivity contribution in [1.29, 1.82) is 0 Å². The van der Waals surface area contributed by atoms with Crippen LogP contribution in [0.4, 0.5) is 18.2 Å². The van der Waals surface area contributed by atoms with Gasteiger partial charge in [-0.1, -0.05) is 30.0 Å². The number of halogens is 3. The van der Waals surface area contributed by atoms with E-state index in [4.69, 9.17) is 5.73 Å². The number of thiophene rings is 1. The van der Waals surface area contributed by atoms with E-state index in [0.717, 1.165) is 41.5 Å². The van der Waals surface area contributed by atoms with Crippen LogP contribution in [0, 0.1) is 0 Å². The second-order valence-corrected chi connectivity index (χ2v) is 9.48. The van der Waals surface area contributed by atoms with Crippen molar-refractivity contribution >= 4 is 50.8 Å². The predicted molar refractivity (Wildman–Crippen MR) is 113 cm³/mol. The molecule has 0 aliphatic heterocycles. The summed E-state index contributed by atoms with van der Waals surface area (Å²) in [6, 6.07) is 6.33. The number of hydrogen-bond donors (Lipinski definition) is 2. The number of aryl methyl sites for hydroxylation is 1. The minimum Gasteiger partial charge on any atom is -0.365 e. The summed E-state index contributed by atoms with van der Waals surface area (Å²) in [6.07, 6.45) is -2.21. The van der Waals surface area contributed by atoms with Gasteiger partial charge in [0.2, 0.25) is 11.7 Å². The highest BCUT2D eigenvalue weighted by Crippen LogP contribution is 2.39. The molecule has 1 atom stereocenters. The lowest BCUT2D eigenvalue weighted by Gasteiger charge is -2.14. The largest absolute Gasteiger partial charge is 0.451 e. The number of primary amides is 1. The molecule has 0 fully saturated rings. The van der Waals surface area contributed by atoms with Gasteiger partial charge in [-0.15, -0.1) is 11.3 Å². The lowest BCUT2D eigenvalue weighted by Crippen LogP contribution is -2.24. The normalized spacial score (nSPS) is 14.5. The molecule has 11 heteroatoms. The van der Waals surface area contributed by atoms with Crippen LogP contribution in [0.5, 0.6) is 0 Å².